The first-order valence-electron chi connectivity index (χ1n) is 6.11. The standard InChI is InChI=1S/C15H14BrN3/c1-10-3-2-4-13-14(10)19(15(17)18-13)9-11-5-7-12(16)8-6-11/h2-8H,9H2,1H3,(H2,17,18). The summed E-state index contributed by atoms with van der Waals surface area (Å²) in [5.41, 5.74) is 10.5. The van der Waals surface area contributed by atoms with Crippen LogP contribution in [0.4, 0.5) is 5.95 Å². The number of hydrogen-bond donors (Lipinski definition) is 1. The molecule has 0 saturated carbocycles. The molecule has 3 rings (SSSR count). The number of aryl methyl sites for hydroxylation is 1. The number of imidazole rings is 1. The predicted molar refractivity (Wildman–Crippen MR) is 82.1 cm³/mol. The maximum atomic E-state index is 6.04. The highest BCUT2D eigenvalue weighted by Gasteiger charge is 2.10. The zero-order valence-corrected chi connectivity index (χ0v) is 12.2. The van der Waals surface area contributed by atoms with Crippen LogP contribution in [0.3, 0.4) is 0 Å². The molecule has 0 spiro atoms. The highest BCUT2D eigenvalue weighted by Crippen LogP contribution is 2.23. The van der Waals surface area contributed by atoms with E-state index in [-0.39, 0.29) is 0 Å². The van der Waals surface area contributed by atoms with E-state index in [2.05, 4.69) is 50.6 Å². The van der Waals surface area contributed by atoms with E-state index in [4.69, 9.17) is 5.73 Å². The van der Waals surface area contributed by atoms with Crippen molar-refractivity contribution < 1.29 is 0 Å². The summed E-state index contributed by atoms with van der Waals surface area (Å²) in [5, 5.41) is 0. The molecule has 2 N–H and O–H groups in total. The Bertz CT molecular complexity index is 729. The molecular weight excluding hydrogens is 302 g/mol. The Labute approximate surface area is 120 Å². The minimum Gasteiger partial charge on any atom is -0.369 e. The Morgan fingerprint density at radius 2 is 1.89 bits per heavy atom. The lowest BCUT2D eigenvalue weighted by Gasteiger charge is -2.08. The number of nitrogen functional groups attached to an aromatic ring is 1. The third-order valence-corrected chi connectivity index (χ3v) is 3.78. The number of hydrogen-bond acceptors (Lipinski definition) is 2. The maximum absolute atomic E-state index is 6.04. The molecule has 1 aromatic heterocycles. The van der Waals surface area contributed by atoms with Gasteiger partial charge < -0.3 is 10.3 Å². The van der Waals surface area contributed by atoms with E-state index < -0.39 is 0 Å². The lowest BCUT2D eigenvalue weighted by atomic mass is 10.2. The van der Waals surface area contributed by atoms with Gasteiger partial charge in [-0.1, -0.05) is 40.2 Å². The summed E-state index contributed by atoms with van der Waals surface area (Å²) >= 11 is 3.45. The van der Waals surface area contributed by atoms with Gasteiger partial charge in [-0.3, -0.25) is 0 Å². The van der Waals surface area contributed by atoms with Crippen LogP contribution in [0.2, 0.25) is 0 Å². The van der Waals surface area contributed by atoms with Crippen LogP contribution in [0.25, 0.3) is 11.0 Å². The molecule has 0 aliphatic heterocycles. The van der Waals surface area contributed by atoms with Crippen molar-refractivity contribution in [3.63, 3.8) is 0 Å². The highest BCUT2D eigenvalue weighted by atomic mass is 79.9. The van der Waals surface area contributed by atoms with Gasteiger partial charge in [0.1, 0.15) is 0 Å². The first-order valence-corrected chi connectivity index (χ1v) is 6.90. The number of benzene rings is 2. The molecule has 96 valence electrons. The Morgan fingerprint density at radius 3 is 2.63 bits per heavy atom. The van der Waals surface area contributed by atoms with E-state index in [0.29, 0.717) is 5.95 Å². The van der Waals surface area contributed by atoms with Gasteiger partial charge in [0.05, 0.1) is 17.6 Å². The molecule has 0 aliphatic rings. The molecule has 0 amide bonds. The van der Waals surface area contributed by atoms with Gasteiger partial charge in [-0.05, 0) is 36.2 Å². The van der Waals surface area contributed by atoms with Crippen LogP contribution in [0, 0.1) is 6.92 Å². The summed E-state index contributed by atoms with van der Waals surface area (Å²) < 4.78 is 3.14. The summed E-state index contributed by atoms with van der Waals surface area (Å²) in [6.45, 7) is 2.82. The largest absolute Gasteiger partial charge is 0.369 e. The molecule has 4 heteroatoms. The van der Waals surface area contributed by atoms with Crippen LogP contribution in [0.1, 0.15) is 11.1 Å². The molecule has 0 aliphatic carbocycles. The lowest BCUT2D eigenvalue weighted by Crippen LogP contribution is -2.05. The van der Waals surface area contributed by atoms with Crippen LogP contribution in [-0.2, 0) is 6.54 Å². The Kier molecular flexibility index (Phi) is 3.03. The monoisotopic (exact) mass is 315 g/mol. The van der Waals surface area contributed by atoms with Crippen LogP contribution in [0.15, 0.2) is 46.9 Å². The molecule has 1 heterocycles. The van der Waals surface area contributed by atoms with Crippen molar-refractivity contribution in [3.05, 3.63) is 58.1 Å². The smallest absolute Gasteiger partial charge is 0.201 e. The maximum Gasteiger partial charge on any atom is 0.201 e. The number of fused-ring (bicyclic) bond motifs is 1. The fourth-order valence-corrected chi connectivity index (χ4v) is 2.58. The van der Waals surface area contributed by atoms with Crippen molar-refractivity contribution in [3.8, 4) is 0 Å². The van der Waals surface area contributed by atoms with Gasteiger partial charge in [0.2, 0.25) is 5.95 Å². The second-order valence-electron chi connectivity index (χ2n) is 4.63. The van der Waals surface area contributed by atoms with Crippen molar-refractivity contribution >= 4 is 32.9 Å². The molecule has 3 aromatic rings. The first kappa shape index (κ1) is 12.2. The van der Waals surface area contributed by atoms with Crippen molar-refractivity contribution in [2.24, 2.45) is 0 Å². The minimum atomic E-state index is 0.562. The van der Waals surface area contributed by atoms with Gasteiger partial charge in [-0.15, -0.1) is 0 Å². The SMILES string of the molecule is Cc1cccc2nc(N)n(Cc3ccc(Br)cc3)c12. The van der Waals surface area contributed by atoms with Gasteiger partial charge in [-0.2, -0.15) is 0 Å². The molecule has 3 nitrogen and oxygen atoms in total. The summed E-state index contributed by atoms with van der Waals surface area (Å²) in [5.74, 6) is 0.562. The first-order chi connectivity index (χ1) is 9.15. The van der Waals surface area contributed by atoms with Crippen LogP contribution < -0.4 is 5.73 Å². The van der Waals surface area contributed by atoms with Crippen LogP contribution in [0.5, 0.6) is 0 Å². The quantitative estimate of drug-likeness (QED) is 0.783. The van der Waals surface area contributed by atoms with Crippen molar-refractivity contribution in [2.45, 2.75) is 13.5 Å². The van der Waals surface area contributed by atoms with Crippen molar-refractivity contribution in [1.82, 2.24) is 9.55 Å². The van der Waals surface area contributed by atoms with Crippen LogP contribution in [-0.4, -0.2) is 9.55 Å². The second kappa shape index (κ2) is 4.70. The summed E-state index contributed by atoms with van der Waals surface area (Å²) in [6.07, 6.45) is 0. The average molecular weight is 316 g/mol. The number of halogens is 1. The fourth-order valence-electron chi connectivity index (χ4n) is 2.32. The third-order valence-electron chi connectivity index (χ3n) is 3.25. The second-order valence-corrected chi connectivity index (χ2v) is 5.54. The Morgan fingerprint density at radius 1 is 1.16 bits per heavy atom. The van der Waals surface area contributed by atoms with Crippen molar-refractivity contribution in [1.29, 1.82) is 0 Å². The molecule has 19 heavy (non-hydrogen) atoms. The summed E-state index contributed by atoms with van der Waals surface area (Å²) in [7, 11) is 0. The van der Waals surface area contributed by atoms with Gasteiger partial charge in [0.25, 0.3) is 0 Å². The Balaban J connectivity index is 2.09. The van der Waals surface area contributed by atoms with E-state index in [9.17, 15) is 0 Å². The van der Waals surface area contributed by atoms with Gasteiger partial charge >= 0.3 is 0 Å². The van der Waals surface area contributed by atoms with Gasteiger partial charge in [0, 0.05) is 4.47 Å². The van der Waals surface area contributed by atoms with Crippen LogP contribution >= 0.6 is 15.9 Å². The third kappa shape index (κ3) is 2.24. The normalized spacial score (nSPS) is 11.1. The molecular formula is C15H14BrN3. The summed E-state index contributed by atoms with van der Waals surface area (Å²) in [4.78, 5) is 4.42. The molecule has 2 aromatic carbocycles. The predicted octanol–water partition coefficient (Wildman–Crippen LogP) is 3.74. The highest BCUT2D eigenvalue weighted by molar-refractivity contribution is 9.10. The molecule has 0 unspecified atom stereocenters. The topological polar surface area (TPSA) is 43.8 Å². The number of anilines is 1. The number of aromatic nitrogens is 2. The number of nitrogens with two attached hydrogens (primary N) is 1. The molecule has 0 atom stereocenters. The van der Waals surface area contributed by atoms with E-state index >= 15 is 0 Å². The minimum absolute atomic E-state index is 0.562. The molecule has 0 fully saturated rings. The van der Waals surface area contributed by atoms with E-state index in [1.165, 1.54) is 11.1 Å². The van der Waals surface area contributed by atoms with Gasteiger partial charge in [0.15, 0.2) is 0 Å². The van der Waals surface area contributed by atoms with Gasteiger partial charge in [-0.25, -0.2) is 4.98 Å². The molecule has 0 saturated heterocycles. The van der Waals surface area contributed by atoms with E-state index in [1.807, 2.05) is 24.3 Å². The zero-order chi connectivity index (χ0) is 13.4. The molecule has 0 bridgehead atoms. The number of nitrogens with zero attached hydrogens (tertiary/aromatic N) is 2. The number of rotatable bonds is 2. The van der Waals surface area contributed by atoms with E-state index in [0.717, 1.165) is 22.1 Å². The van der Waals surface area contributed by atoms with Crippen molar-refractivity contribution in [2.75, 3.05) is 5.73 Å². The number of para-hydroxylation sites is 1. The fraction of sp³-hybridized carbons (Fsp3) is 0.133. The van der Waals surface area contributed by atoms with E-state index in [1.54, 1.807) is 0 Å². The average Bonchev–Trinajstić information content (AvgIpc) is 2.70. The lowest BCUT2D eigenvalue weighted by molar-refractivity contribution is 0.836. The summed E-state index contributed by atoms with van der Waals surface area (Å²) in [6, 6.07) is 14.3. The molecule has 0 radical (unpaired) electrons. The Hall–Kier alpha value is -1.81. The zero-order valence-electron chi connectivity index (χ0n) is 10.6.